The SMILES string of the molecule is CO[C@@H](CCl)C[C@H](O)OC. The van der Waals surface area contributed by atoms with Crippen LogP contribution in [0, 0.1) is 0 Å². The first-order valence-corrected chi connectivity index (χ1v) is 3.57. The summed E-state index contributed by atoms with van der Waals surface area (Å²) in [5.41, 5.74) is 0. The van der Waals surface area contributed by atoms with Crippen LogP contribution in [0.15, 0.2) is 0 Å². The van der Waals surface area contributed by atoms with E-state index in [1.54, 1.807) is 7.11 Å². The molecule has 0 bridgehead atoms. The van der Waals surface area contributed by atoms with Gasteiger partial charge in [-0.15, -0.1) is 11.6 Å². The Morgan fingerprint density at radius 3 is 2.30 bits per heavy atom. The Hall–Kier alpha value is 0.170. The monoisotopic (exact) mass is 168 g/mol. The normalized spacial score (nSPS) is 16.8. The molecule has 0 aliphatic heterocycles. The maximum absolute atomic E-state index is 8.93. The second-order valence-corrected chi connectivity index (χ2v) is 2.25. The molecule has 0 fully saturated rings. The molecule has 0 amide bonds. The molecular weight excluding hydrogens is 156 g/mol. The van der Waals surface area contributed by atoms with E-state index in [1.807, 2.05) is 0 Å². The Morgan fingerprint density at radius 2 is 2.00 bits per heavy atom. The van der Waals surface area contributed by atoms with Gasteiger partial charge in [-0.1, -0.05) is 0 Å². The highest BCUT2D eigenvalue weighted by molar-refractivity contribution is 6.18. The molecule has 2 atom stereocenters. The standard InChI is InChI=1S/C6H13ClO3/c1-9-5(4-7)3-6(8)10-2/h5-6,8H,3-4H2,1-2H3/t5-,6-/m1/s1. The van der Waals surface area contributed by atoms with Crippen molar-refractivity contribution >= 4 is 11.6 Å². The minimum absolute atomic E-state index is 0.128. The number of aliphatic hydroxyl groups is 1. The molecule has 0 aliphatic carbocycles. The van der Waals surface area contributed by atoms with E-state index < -0.39 is 6.29 Å². The molecule has 0 aromatic rings. The predicted molar refractivity (Wildman–Crippen MR) is 39.1 cm³/mol. The van der Waals surface area contributed by atoms with E-state index in [0.717, 1.165) is 0 Å². The van der Waals surface area contributed by atoms with Crippen molar-refractivity contribution < 1.29 is 14.6 Å². The Balaban J connectivity index is 3.41. The summed E-state index contributed by atoms with van der Waals surface area (Å²) in [7, 11) is 2.99. The van der Waals surface area contributed by atoms with Gasteiger partial charge in [-0.05, 0) is 0 Å². The number of rotatable bonds is 5. The van der Waals surface area contributed by atoms with E-state index in [9.17, 15) is 0 Å². The summed E-state index contributed by atoms with van der Waals surface area (Å²) in [6, 6.07) is 0. The van der Waals surface area contributed by atoms with Gasteiger partial charge in [-0.3, -0.25) is 0 Å². The fourth-order valence-corrected chi connectivity index (χ4v) is 0.795. The molecule has 0 aromatic carbocycles. The zero-order valence-corrected chi connectivity index (χ0v) is 6.97. The smallest absolute Gasteiger partial charge is 0.156 e. The predicted octanol–water partition coefficient (Wildman–Crippen LogP) is 0.595. The highest BCUT2D eigenvalue weighted by Gasteiger charge is 2.11. The number of hydrogen-bond acceptors (Lipinski definition) is 3. The minimum Gasteiger partial charge on any atom is -0.380 e. The molecule has 0 heterocycles. The highest BCUT2D eigenvalue weighted by atomic mass is 35.5. The van der Waals surface area contributed by atoms with E-state index in [0.29, 0.717) is 12.3 Å². The first-order valence-electron chi connectivity index (χ1n) is 3.04. The number of methoxy groups -OCH3 is 2. The fourth-order valence-electron chi connectivity index (χ4n) is 0.543. The lowest BCUT2D eigenvalue weighted by Crippen LogP contribution is -2.22. The molecule has 62 valence electrons. The zero-order valence-electron chi connectivity index (χ0n) is 6.21. The van der Waals surface area contributed by atoms with Crippen molar-refractivity contribution in [2.24, 2.45) is 0 Å². The Kier molecular flexibility index (Phi) is 6.02. The summed E-state index contributed by atoms with van der Waals surface area (Å²) in [4.78, 5) is 0. The van der Waals surface area contributed by atoms with Gasteiger partial charge in [0.1, 0.15) is 0 Å². The summed E-state index contributed by atoms with van der Waals surface area (Å²) in [6.45, 7) is 0. The summed E-state index contributed by atoms with van der Waals surface area (Å²) in [6.07, 6.45) is -0.489. The topological polar surface area (TPSA) is 38.7 Å². The van der Waals surface area contributed by atoms with Crippen molar-refractivity contribution in [3.8, 4) is 0 Å². The highest BCUT2D eigenvalue weighted by Crippen LogP contribution is 2.03. The third-order valence-corrected chi connectivity index (χ3v) is 1.59. The van der Waals surface area contributed by atoms with E-state index in [4.69, 9.17) is 21.4 Å². The van der Waals surface area contributed by atoms with Crippen LogP contribution in [-0.2, 0) is 9.47 Å². The quantitative estimate of drug-likeness (QED) is 0.483. The largest absolute Gasteiger partial charge is 0.380 e. The van der Waals surface area contributed by atoms with Gasteiger partial charge in [-0.25, -0.2) is 0 Å². The van der Waals surface area contributed by atoms with E-state index >= 15 is 0 Å². The van der Waals surface area contributed by atoms with Crippen LogP contribution in [0.25, 0.3) is 0 Å². The van der Waals surface area contributed by atoms with E-state index in [-0.39, 0.29) is 6.10 Å². The molecule has 3 nitrogen and oxygen atoms in total. The van der Waals surface area contributed by atoms with Crippen LogP contribution in [0.3, 0.4) is 0 Å². The number of alkyl halides is 1. The van der Waals surface area contributed by atoms with Crippen LogP contribution in [0.1, 0.15) is 6.42 Å². The minimum atomic E-state index is -0.774. The van der Waals surface area contributed by atoms with Gasteiger partial charge in [0.2, 0.25) is 0 Å². The van der Waals surface area contributed by atoms with Crippen LogP contribution in [0.4, 0.5) is 0 Å². The molecule has 0 unspecified atom stereocenters. The van der Waals surface area contributed by atoms with Crippen molar-refractivity contribution in [2.45, 2.75) is 18.8 Å². The van der Waals surface area contributed by atoms with Crippen LogP contribution >= 0.6 is 11.6 Å². The summed E-state index contributed by atoms with van der Waals surface area (Å²) < 4.78 is 9.50. The number of ether oxygens (including phenoxy) is 2. The maximum Gasteiger partial charge on any atom is 0.156 e. The van der Waals surface area contributed by atoms with Crippen LogP contribution < -0.4 is 0 Å². The van der Waals surface area contributed by atoms with Gasteiger partial charge in [0, 0.05) is 26.5 Å². The Labute approximate surface area is 65.9 Å². The lowest BCUT2D eigenvalue weighted by Gasteiger charge is -2.14. The third kappa shape index (κ3) is 4.06. The molecule has 0 saturated heterocycles. The lowest BCUT2D eigenvalue weighted by atomic mass is 10.3. The Morgan fingerprint density at radius 1 is 1.40 bits per heavy atom. The molecule has 4 heteroatoms. The summed E-state index contributed by atoms with van der Waals surface area (Å²) in [5.74, 6) is 0.372. The van der Waals surface area contributed by atoms with E-state index in [1.165, 1.54) is 7.11 Å². The molecule has 0 saturated carbocycles. The molecule has 0 rings (SSSR count). The van der Waals surface area contributed by atoms with Gasteiger partial charge in [0.25, 0.3) is 0 Å². The van der Waals surface area contributed by atoms with Crippen LogP contribution in [-0.4, -0.2) is 37.6 Å². The molecular formula is C6H13ClO3. The van der Waals surface area contributed by atoms with Gasteiger partial charge < -0.3 is 14.6 Å². The molecule has 0 radical (unpaired) electrons. The van der Waals surface area contributed by atoms with Crippen molar-refractivity contribution in [3.63, 3.8) is 0 Å². The second kappa shape index (κ2) is 5.92. The van der Waals surface area contributed by atoms with Gasteiger partial charge in [0.05, 0.1) is 6.10 Å². The average Bonchev–Trinajstić information content (AvgIpc) is 1.99. The van der Waals surface area contributed by atoms with Crippen molar-refractivity contribution in [2.75, 3.05) is 20.1 Å². The molecule has 0 aromatic heterocycles. The van der Waals surface area contributed by atoms with Crippen molar-refractivity contribution in [1.82, 2.24) is 0 Å². The van der Waals surface area contributed by atoms with Gasteiger partial charge >= 0.3 is 0 Å². The molecule has 0 aliphatic rings. The Bertz CT molecular complexity index is 75.4. The van der Waals surface area contributed by atoms with Crippen molar-refractivity contribution in [3.05, 3.63) is 0 Å². The number of halogens is 1. The third-order valence-electron chi connectivity index (χ3n) is 1.24. The van der Waals surface area contributed by atoms with Gasteiger partial charge in [-0.2, -0.15) is 0 Å². The lowest BCUT2D eigenvalue weighted by molar-refractivity contribution is -0.0994. The first-order chi connectivity index (χ1) is 4.74. The van der Waals surface area contributed by atoms with Gasteiger partial charge in [0.15, 0.2) is 6.29 Å². The van der Waals surface area contributed by atoms with E-state index in [2.05, 4.69) is 4.74 Å². The second-order valence-electron chi connectivity index (χ2n) is 1.94. The fraction of sp³-hybridized carbons (Fsp3) is 1.00. The summed E-state index contributed by atoms with van der Waals surface area (Å²) >= 11 is 5.48. The first kappa shape index (κ1) is 10.2. The van der Waals surface area contributed by atoms with Crippen molar-refractivity contribution in [1.29, 1.82) is 0 Å². The molecule has 10 heavy (non-hydrogen) atoms. The number of hydrogen-bond donors (Lipinski definition) is 1. The average molecular weight is 169 g/mol. The van der Waals surface area contributed by atoms with Crippen LogP contribution in [0.5, 0.6) is 0 Å². The zero-order chi connectivity index (χ0) is 7.98. The maximum atomic E-state index is 8.93. The molecule has 1 N–H and O–H groups in total. The summed E-state index contributed by atoms with van der Waals surface area (Å²) in [5, 5.41) is 8.93. The molecule has 0 spiro atoms. The van der Waals surface area contributed by atoms with Crippen LogP contribution in [0.2, 0.25) is 0 Å². The number of aliphatic hydroxyl groups excluding tert-OH is 1.